The van der Waals surface area contributed by atoms with Crippen molar-refractivity contribution in [2.45, 2.75) is 31.9 Å². The molecule has 24 heavy (non-hydrogen) atoms. The van der Waals surface area contributed by atoms with Crippen molar-refractivity contribution in [2.75, 3.05) is 26.2 Å². The maximum absolute atomic E-state index is 12.2. The highest BCUT2D eigenvalue weighted by Gasteiger charge is 2.34. The minimum atomic E-state index is -0.779. The van der Waals surface area contributed by atoms with Gasteiger partial charge in [-0.1, -0.05) is 30.3 Å². The van der Waals surface area contributed by atoms with Gasteiger partial charge in [0.25, 0.3) is 0 Å². The predicted octanol–water partition coefficient (Wildman–Crippen LogP) is 2.19. The number of nitrogens with zero attached hydrogens (tertiary/aromatic N) is 2. The third-order valence-electron chi connectivity index (χ3n) is 4.64. The van der Waals surface area contributed by atoms with E-state index in [-0.39, 0.29) is 19.2 Å². The zero-order valence-corrected chi connectivity index (χ0v) is 13.8. The highest BCUT2D eigenvalue weighted by molar-refractivity contribution is 5.69. The average molecular weight is 332 g/mol. The van der Waals surface area contributed by atoms with Crippen LogP contribution in [-0.4, -0.2) is 59.2 Å². The quantitative estimate of drug-likeness (QED) is 0.829. The average Bonchev–Trinajstić information content (AvgIpc) is 3.32. The third kappa shape index (κ3) is 4.71. The summed E-state index contributed by atoms with van der Waals surface area (Å²) in [5, 5.41) is 9.03. The minimum absolute atomic E-state index is 0.0968. The smallest absolute Gasteiger partial charge is 0.410 e. The van der Waals surface area contributed by atoms with Gasteiger partial charge in [0.05, 0.1) is 6.54 Å². The normalized spacial score (nSPS) is 20.4. The third-order valence-corrected chi connectivity index (χ3v) is 4.64. The van der Waals surface area contributed by atoms with Crippen molar-refractivity contribution in [3.05, 3.63) is 35.9 Å². The SMILES string of the molecule is O=C(O)CN(C[C@H]1CCN(C(=O)OCc2ccccc2)C1)C1CC1. The van der Waals surface area contributed by atoms with Crippen LogP contribution in [-0.2, 0) is 16.1 Å². The first-order valence-electron chi connectivity index (χ1n) is 8.53. The van der Waals surface area contributed by atoms with E-state index in [0.717, 1.165) is 31.4 Å². The number of rotatable bonds is 7. The van der Waals surface area contributed by atoms with E-state index in [0.29, 0.717) is 25.0 Å². The molecule has 1 aliphatic carbocycles. The Bertz CT molecular complexity index is 574. The number of carboxylic acid groups (broad SMARTS) is 1. The van der Waals surface area contributed by atoms with Crippen molar-refractivity contribution in [1.82, 2.24) is 9.80 Å². The van der Waals surface area contributed by atoms with Crippen LogP contribution < -0.4 is 0 Å². The predicted molar refractivity (Wildman–Crippen MR) is 88.5 cm³/mol. The van der Waals surface area contributed by atoms with Crippen LogP contribution >= 0.6 is 0 Å². The number of hydrogen-bond acceptors (Lipinski definition) is 4. The second-order valence-electron chi connectivity index (χ2n) is 6.70. The monoisotopic (exact) mass is 332 g/mol. The van der Waals surface area contributed by atoms with Gasteiger partial charge in [0.1, 0.15) is 6.61 Å². The highest BCUT2D eigenvalue weighted by atomic mass is 16.6. The van der Waals surface area contributed by atoms with E-state index in [4.69, 9.17) is 9.84 Å². The molecule has 2 aliphatic rings. The fourth-order valence-electron chi connectivity index (χ4n) is 3.25. The Labute approximate surface area is 142 Å². The molecule has 1 amide bonds. The molecule has 1 aliphatic heterocycles. The molecular weight excluding hydrogens is 308 g/mol. The molecule has 1 saturated carbocycles. The molecule has 0 aromatic heterocycles. The summed E-state index contributed by atoms with van der Waals surface area (Å²) in [5.41, 5.74) is 0.975. The minimum Gasteiger partial charge on any atom is -0.480 e. The van der Waals surface area contributed by atoms with Gasteiger partial charge in [-0.05, 0) is 30.7 Å². The summed E-state index contributed by atoms with van der Waals surface area (Å²) >= 11 is 0. The van der Waals surface area contributed by atoms with Gasteiger partial charge in [0.2, 0.25) is 0 Å². The van der Waals surface area contributed by atoms with Gasteiger partial charge < -0.3 is 14.7 Å². The molecule has 2 fully saturated rings. The van der Waals surface area contributed by atoms with Gasteiger partial charge >= 0.3 is 12.1 Å². The molecule has 0 bridgehead atoms. The molecule has 6 nitrogen and oxygen atoms in total. The molecule has 1 saturated heterocycles. The maximum Gasteiger partial charge on any atom is 0.410 e. The van der Waals surface area contributed by atoms with Crippen LogP contribution in [0.2, 0.25) is 0 Å². The van der Waals surface area contributed by atoms with Crippen molar-refractivity contribution in [3.63, 3.8) is 0 Å². The lowest BCUT2D eigenvalue weighted by atomic mass is 10.1. The number of hydrogen-bond donors (Lipinski definition) is 1. The van der Waals surface area contributed by atoms with Crippen LogP contribution in [0.3, 0.4) is 0 Å². The standard InChI is InChI=1S/C18H24N2O4/c21-17(22)12-20(16-6-7-16)11-15-8-9-19(10-15)18(23)24-13-14-4-2-1-3-5-14/h1-5,15-16H,6-13H2,(H,21,22)/t15-/m0/s1. The van der Waals surface area contributed by atoms with Crippen LogP contribution in [0, 0.1) is 5.92 Å². The van der Waals surface area contributed by atoms with Gasteiger partial charge in [-0.3, -0.25) is 9.69 Å². The number of carboxylic acids is 1. The van der Waals surface area contributed by atoms with Crippen LogP contribution in [0.5, 0.6) is 0 Å². The Morgan fingerprint density at radius 3 is 2.62 bits per heavy atom. The Morgan fingerprint density at radius 2 is 1.96 bits per heavy atom. The van der Waals surface area contributed by atoms with Crippen molar-refractivity contribution in [2.24, 2.45) is 5.92 Å². The van der Waals surface area contributed by atoms with Gasteiger partial charge in [-0.2, -0.15) is 0 Å². The second-order valence-corrected chi connectivity index (χ2v) is 6.70. The molecule has 0 radical (unpaired) electrons. The molecule has 6 heteroatoms. The Balaban J connectivity index is 1.44. The van der Waals surface area contributed by atoms with Crippen molar-refractivity contribution >= 4 is 12.1 Å². The number of ether oxygens (including phenoxy) is 1. The lowest BCUT2D eigenvalue weighted by molar-refractivity contribution is -0.138. The van der Waals surface area contributed by atoms with Gasteiger partial charge in [-0.15, -0.1) is 0 Å². The molecule has 0 spiro atoms. The van der Waals surface area contributed by atoms with Crippen molar-refractivity contribution in [1.29, 1.82) is 0 Å². The Hall–Kier alpha value is -2.08. The number of carbonyl (C=O) groups is 2. The number of aliphatic carboxylic acids is 1. The maximum atomic E-state index is 12.2. The summed E-state index contributed by atoms with van der Waals surface area (Å²) in [6, 6.07) is 10.0. The van der Waals surface area contributed by atoms with E-state index in [1.807, 2.05) is 35.2 Å². The molecule has 0 unspecified atom stereocenters. The van der Waals surface area contributed by atoms with E-state index >= 15 is 0 Å². The molecule has 1 atom stereocenters. The summed E-state index contributed by atoms with van der Waals surface area (Å²) < 4.78 is 5.37. The lowest BCUT2D eigenvalue weighted by Crippen LogP contribution is -2.37. The summed E-state index contributed by atoms with van der Waals surface area (Å²) in [5.74, 6) is -0.451. The molecule has 1 aromatic carbocycles. The molecular formula is C18H24N2O4. The summed E-state index contributed by atoms with van der Waals surface area (Å²) in [7, 11) is 0. The fourth-order valence-corrected chi connectivity index (χ4v) is 3.25. The topological polar surface area (TPSA) is 70.1 Å². The molecule has 130 valence electrons. The van der Waals surface area contributed by atoms with Crippen molar-refractivity contribution in [3.8, 4) is 0 Å². The molecule has 1 heterocycles. The first-order valence-corrected chi connectivity index (χ1v) is 8.53. The van der Waals surface area contributed by atoms with E-state index in [9.17, 15) is 9.59 Å². The number of carbonyl (C=O) groups excluding carboxylic acids is 1. The largest absolute Gasteiger partial charge is 0.480 e. The molecule has 3 rings (SSSR count). The summed E-state index contributed by atoms with van der Waals surface area (Å²) in [6.45, 7) is 2.47. The van der Waals surface area contributed by atoms with Crippen molar-refractivity contribution < 1.29 is 19.4 Å². The highest BCUT2D eigenvalue weighted by Crippen LogP contribution is 2.29. The first-order chi connectivity index (χ1) is 11.6. The van der Waals surface area contributed by atoms with E-state index in [1.165, 1.54) is 0 Å². The van der Waals surface area contributed by atoms with Crippen LogP contribution in [0.1, 0.15) is 24.8 Å². The van der Waals surface area contributed by atoms with Gasteiger partial charge in [-0.25, -0.2) is 4.79 Å². The number of benzene rings is 1. The number of likely N-dealkylation sites (tertiary alicyclic amines) is 1. The van der Waals surface area contributed by atoms with Crippen LogP contribution in [0.4, 0.5) is 4.79 Å². The summed E-state index contributed by atoms with van der Waals surface area (Å²) in [6.07, 6.45) is 2.80. The fraction of sp³-hybridized carbons (Fsp3) is 0.556. The van der Waals surface area contributed by atoms with Gasteiger partial charge in [0, 0.05) is 25.7 Å². The van der Waals surface area contributed by atoms with E-state index in [1.54, 1.807) is 4.90 Å². The van der Waals surface area contributed by atoms with Crippen LogP contribution in [0.15, 0.2) is 30.3 Å². The zero-order chi connectivity index (χ0) is 16.9. The lowest BCUT2D eigenvalue weighted by Gasteiger charge is -2.23. The van der Waals surface area contributed by atoms with Crippen LogP contribution in [0.25, 0.3) is 0 Å². The first kappa shape index (κ1) is 16.8. The van der Waals surface area contributed by atoms with Gasteiger partial charge in [0.15, 0.2) is 0 Å². The second kappa shape index (κ2) is 7.66. The van der Waals surface area contributed by atoms with E-state index in [2.05, 4.69) is 0 Å². The number of amides is 1. The van der Waals surface area contributed by atoms with E-state index < -0.39 is 5.97 Å². The summed E-state index contributed by atoms with van der Waals surface area (Å²) in [4.78, 5) is 26.9. The molecule has 1 aromatic rings. The zero-order valence-electron chi connectivity index (χ0n) is 13.8. The Morgan fingerprint density at radius 1 is 1.21 bits per heavy atom. The Kier molecular flexibility index (Phi) is 5.35. The molecule has 1 N–H and O–H groups in total.